The molecule has 1 aliphatic rings. The largest absolute Gasteiger partial charge is 0.228 e. The highest BCUT2D eigenvalue weighted by molar-refractivity contribution is 9.09. The van der Waals surface area contributed by atoms with E-state index in [-0.39, 0.29) is 5.75 Å². The summed E-state index contributed by atoms with van der Waals surface area (Å²) >= 11 is 3.37. The van der Waals surface area contributed by atoms with E-state index in [0.29, 0.717) is 18.2 Å². The van der Waals surface area contributed by atoms with Crippen LogP contribution in [0.1, 0.15) is 37.3 Å². The highest BCUT2D eigenvalue weighted by Crippen LogP contribution is 2.54. The molecule has 0 heterocycles. The van der Waals surface area contributed by atoms with E-state index in [0.717, 1.165) is 28.7 Å². The summed E-state index contributed by atoms with van der Waals surface area (Å²) in [5, 5.41) is 0.706. The van der Waals surface area contributed by atoms with Crippen molar-refractivity contribution in [3.05, 3.63) is 59.7 Å². The second-order valence-electron chi connectivity index (χ2n) is 6.03. The zero-order chi connectivity index (χ0) is 16.5. The molecular formula is C19H21BrO2S. The van der Waals surface area contributed by atoms with Crippen LogP contribution < -0.4 is 0 Å². The van der Waals surface area contributed by atoms with E-state index < -0.39 is 14.6 Å². The predicted octanol–water partition coefficient (Wildman–Crippen LogP) is 4.91. The summed E-state index contributed by atoms with van der Waals surface area (Å²) in [4.78, 5) is 0. The molecule has 2 nitrogen and oxygen atoms in total. The number of hydrogen-bond donors (Lipinski definition) is 0. The first kappa shape index (κ1) is 16.7. The Kier molecular flexibility index (Phi) is 4.65. The van der Waals surface area contributed by atoms with Crippen LogP contribution in [0.3, 0.4) is 0 Å². The number of sulfone groups is 1. The Morgan fingerprint density at radius 3 is 1.96 bits per heavy atom. The molecule has 4 heteroatoms. The standard InChI is InChI=1S/C19H21BrO2S/c1-2-12-19(23(21,22)14-7-13-20)17-10-5-3-8-15(17)16-9-4-6-11-18(16)19/h3-6,8-11H,2,7,12-14H2,1H3. The summed E-state index contributed by atoms with van der Waals surface area (Å²) in [6, 6.07) is 16.0. The SMILES string of the molecule is CCCC1(S(=O)(=O)CCCBr)c2ccccc2-c2ccccc21. The van der Waals surface area contributed by atoms with Crippen LogP contribution >= 0.6 is 15.9 Å². The minimum Gasteiger partial charge on any atom is -0.228 e. The van der Waals surface area contributed by atoms with Gasteiger partial charge in [0.1, 0.15) is 4.75 Å². The zero-order valence-corrected chi connectivity index (χ0v) is 15.7. The molecule has 0 fully saturated rings. The van der Waals surface area contributed by atoms with Gasteiger partial charge in [-0.3, -0.25) is 0 Å². The average Bonchev–Trinajstić information content (AvgIpc) is 2.86. The van der Waals surface area contributed by atoms with Gasteiger partial charge in [0.2, 0.25) is 0 Å². The summed E-state index contributed by atoms with van der Waals surface area (Å²) in [6.45, 7) is 2.06. The molecule has 1 aliphatic carbocycles. The van der Waals surface area contributed by atoms with Gasteiger partial charge in [-0.25, -0.2) is 8.42 Å². The molecule has 0 aromatic heterocycles. The lowest BCUT2D eigenvalue weighted by Crippen LogP contribution is -2.37. The maximum Gasteiger partial charge on any atom is 0.164 e. The van der Waals surface area contributed by atoms with Crippen molar-refractivity contribution in [2.24, 2.45) is 0 Å². The Morgan fingerprint density at radius 1 is 0.957 bits per heavy atom. The third kappa shape index (κ3) is 2.47. The Morgan fingerprint density at radius 2 is 1.48 bits per heavy atom. The second-order valence-corrected chi connectivity index (χ2v) is 9.16. The average molecular weight is 393 g/mol. The van der Waals surface area contributed by atoms with E-state index in [1.54, 1.807) is 0 Å². The lowest BCUT2D eigenvalue weighted by molar-refractivity contribution is 0.535. The van der Waals surface area contributed by atoms with Crippen LogP contribution in [0.2, 0.25) is 0 Å². The summed E-state index contributed by atoms with van der Waals surface area (Å²) in [5.74, 6) is 0.209. The number of rotatable bonds is 6. The van der Waals surface area contributed by atoms with Crippen LogP contribution in [0.4, 0.5) is 0 Å². The van der Waals surface area contributed by atoms with E-state index in [9.17, 15) is 8.42 Å². The van der Waals surface area contributed by atoms with E-state index >= 15 is 0 Å². The van der Waals surface area contributed by atoms with Crippen LogP contribution in [0.25, 0.3) is 11.1 Å². The first-order valence-electron chi connectivity index (χ1n) is 8.06. The van der Waals surface area contributed by atoms with Crippen LogP contribution in [0, 0.1) is 0 Å². The van der Waals surface area contributed by atoms with Crippen molar-refractivity contribution in [3.8, 4) is 11.1 Å². The maximum absolute atomic E-state index is 13.4. The Hall–Kier alpha value is -1.13. The fourth-order valence-electron chi connectivity index (χ4n) is 3.82. The Balaban J connectivity index is 2.32. The monoisotopic (exact) mass is 392 g/mol. The van der Waals surface area contributed by atoms with Gasteiger partial charge < -0.3 is 0 Å². The van der Waals surface area contributed by atoms with Gasteiger partial charge in [0, 0.05) is 5.33 Å². The molecule has 3 rings (SSSR count). The van der Waals surface area contributed by atoms with Gasteiger partial charge in [0.05, 0.1) is 5.75 Å². The van der Waals surface area contributed by atoms with Crippen molar-refractivity contribution < 1.29 is 8.42 Å². The molecule has 0 amide bonds. The quantitative estimate of drug-likeness (QED) is 0.654. The van der Waals surface area contributed by atoms with Crippen molar-refractivity contribution in [1.82, 2.24) is 0 Å². The normalized spacial score (nSPS) is 15.2. The first-order valence-corrected chi connectivity index (χ1v) is 10.8. The van der Waals surface area contributed by atoms with Crippen LogP contribution in [-0.2, 0) is 14.6 Å². The summed E-state index contributed by atoms with van der Waals surface area (Å²) in [6.07, 6.45) is 2.10. The van der Waals surface area contributed by atoms with Gasteiger partial charge in [-0.1, -0.05) is 77.8 Å². The molecule has 2 aromatic rings. The van der Waals surface area contributed by atoms with Gasteiger partial charge in [-0.05, 0) is 35.1 Å². The number of halogens is 1. The molecule has 0 saturated heterocycles. The number of hydrogen-bond acceptors (Lipinski definition) is 2. The van der Waals surface area contributed by atoms with Crippen molar-refractivity contribution in [3.63, 3.8) is 0 Å². The van der Waals surface area contributed by atoms with E-state index in [1.165, 1.54) is 0 Å². The van der Waals surface area contributed by atoms with E-state index in [2.05, 4.69) is 22.9 Å². The Bertz CT molecular complexity index is 766. The smallest absolute Gasteiger partial charge is 0.164 e. The summed E-state index contributed by atoms with van der Waals surface area (Å²) in [7, 11) is -3.30. The van der Waals surface area contributed by atoms with Crippen molar-refractivity contribution in [2.75, 3.05) is 11.1 Å². The number of benzene rings is 2. The topological polar surface area (TPSA) is 34.1 Å². The second kappa shape index (κ2) is 6.40. The zero-order valence-electron chi connectivity index (χ0n) is 13.3. The molecule has 23 heavy (non-hydrogen) atoms. The molecule has 0 spiro atoms. The lowest BCUT2D eigenvalue weighted by atomic mass is 9.91. The number of alkyl halides is 1. The lowest BCUT2D eigenvalue weighted by Gasteiger charge is -2.31. The van der Waals surface area contributed by atoms with Crippen LogP contribution in [-0.4, -0.2) is 19.5 Å². The molecule has 0 aliphatic heterocycles. The van der Waals surface area contributed by atoms with Crippen molar-refractivity contribution in [1.29, 1.82) is 0 Å². The maximum atomic E-state index is 13.4. The molecular weight excluding hydrogens is 372 g/mol. The van der Waals surface area contributed by atoms with E-state index in [1.807, 2.05) is 48.5 Å². The first-order chi connectivity index (χ1) is 11.1. The highest BCUT2D eigenvalue weighted by Gasteiger charge is 2.51. The van der Waals surface area contributed by atoms with Gasteiger partial charge >= 0.3 is 0 Å². The van der Waals surface area contributed by atoms with Crippen molar-refractivity contribution >= 4 is 25.8 Å². The minimum absolute atomic E-state index is 0.209. The predicted molar refractivity (Wildman–Crippen MR) is 99.8 cm³/mol. The minimum atomic E-state index is -3.30. The summed E-state index contributed by atoms with van der Waals surface area (Å²) in [5.41, 5.74) is 4.05. The van der Waals surface area contributed by atoms with Gasteiger partial charge in [0.25, 0.3) is 0 Å². The van der Waals surface area contributed by atoms with Crippen LogP contribution in [0.15, 0.2) is 48.5 Å². The number of fused-ring (bicyclic) bond motifs is 3. The fourth-order valence-corrected chi connectivity index (χ4v) is 6.88. The molecule has 0 bridgehead atoms. The molecule has 0 N–H and O–H groups in total. The fraction of sp³-hybridized carbons (Fsp3) is 0.368. The van der Waals surface area contributed by atoms with Crippen molar-refractivity contribution in [2.45, 2.75) is 30.9 Å². The Labute approximate surface area is 147 Å². The highest BCUT2D eigenvalue weighted by atomic mass is 79.9. The molecule has 2 aromatic carbocycles. The molecule has 0 saturated carbocycles. The van der Waals surface area contributed by atoms with E-state index in [4.69, 9.17) is 0 Å². The summed E-state index contributed by atoms with van der Waals surface area (Å²) < 4.78 is 25.9. The third-order valence-corrected chi connectivity index (χ3v) is 7.79. The van der Waals surface area contributed by atoms with Gasteiger partial charge in [-0.2, -0.15) is 0 Å². The molecule has 122 valence electrons. The van der Waals surface area contributed by atoms with Crippen LogP contribution in [0.5, 0.6) is 0 Å². The third-order valence-electron chi connectivity index (χ3n) is 4.69. The van der Waals surface area contributed by atoms with Gasteiger partial charge in [0.15, 0.2) is 9.84 Å². The molecule has 0 atom stereocenters. The molecule has 0 unspecified atom stereocenters. The van der Waals surface area contributed by atoms with Gasteiger partial charge in [-0.15, -0.1) is 0 Å². The molecule has 0 radical (unpaired) electrons.